The second kappa shape index (κ2) is 28.0. The van der Waals surface area contributed by atoms with Gasteiger partial charge >= 0.3 is 6.03 Å². The molecule has 0 bridgehead atoms. The molecule has 404 valence electrons. The van der Waals surface area contributed by atoms with Crippen LogP contribution in [-0.2, 0) is 57.6 Å². The molecule has 28 heteroatoms. The molecule has 3 heterocycles. The minimum Gasteiger partial charge on any atom is -0.371 e. The van der Waals surface area contributed by atoms with Crippen molar-refractivity contribution in [3.05, 3.63) is 90.1 Å². The van der Waals surface area contributed by atoms with Crippen molar-refractivity contribution in [2.45, 2.75) is 101 Å². The highest BCUT2D eigenvalue weighted by molar-refractivity contribution is 7.80. The Kier molecular flexibility index (Phi) is 21.7. The lowest BCUT2D eigenvalue weighted by Crippen LogP contribution is -2.60. The summed E-state index contributed by atoms with van der Waals surface area (Å²) in [5, 5.41) is 31.7. The molecular formula is C47H64N16O10S2. The maximum absolute atomic E-state index is 14.6. The number of thiol groups is 2. The van der Waals surface area contributed by atoms with E-state index in [-0.39, 0.29) is 56.1 Å². The number of aromatic nitrogens is 3. The molecule has 1 aliphatic rings. The fraction of sp³-hybridized carbons (Fsp3) is 0.426. The fourth-order valence-electron chi connectivity index (χ4n) is 7.86. The summed E-state index contributed by atoms with van der Waals surface area (Å²) in [5.74, 6) is -7.15. The summed E-state index contributed by atoms with van der Waals surface area (Å²) in [5.41, 5.74) is 19.0. The van der Waals surface area contributed by atoms with Crippen LogP contribution in [0, 0.1) is 0 Å². The highest BCUT2D eigenvalue weighted by Crippen LogP contribution is 2.20. The molecule has 5 rings (SSSR count). The summed E-state index contributed by atoms with van der Waals surface area (Å²) in [6.45, 7) is 2.35. The number of nitrogens with two attached hydrogens (primary N) is 3. The van der Waals surface area contributed by atoms with Gasteiger partial charge in [-0.1, -0.05) is 48.5 Å². The number of aromatic amines is 2. The van der Waals surface area contributed by atoms with Crippen LogP contribution in [0.1, 0.15) is 43.5 Å². The molecule has 0 saturated carbocycles. The summed E-state index contributed by atoms with van der Waals surface area (Å²) in [6.07, 6.45) is 2.90. The number of H-pyrrole nitrogens is 2. The first-order valence-corrected chi connectivity index (χ1v) is 25.0. The summed E-state index contributed by atoms with van der Waals surface area (Å²) in [4.78, 5) is 136. The Bertz CT molecular complexity index is 2670. The minimum absolute atomic E-state index is 0.0503. The Morgan fingerprint density at radius 1 is 0.720 bits per heavy atom. The van der Waals surface area contributed by atoms with Gasteiger partial charge in [-0.2, -0.15) is 25.3 Å². The van der Waals surface area contributed by atoms with Gasteiger partial charge in [0.25, 0.3) is 0 Å². The van der Waals surface area contributed by atoms with Gasteiger partial charge < -0.3 is 74.8 Å². The first-order chi connectivity index (χ1) is 35.8. The highest BCUT2D eigenvalue weighted by Gasteiger charge is 2.38. The molecule has 2 aromatic carbocycles. The largest absolute Gasteiger partial charge is 0.371 e. The van der Waals surface area contributed by atoms with Gasteiger partial charge in [0, 0.05) is 66.3 Å². The molecule has 0 radical (unpaired) electrons. The quantitative estimate of drug-likeness (QED) is 0.0114. The van der Waals surface area contributed by atoms with Crippen LogP contribution in [0.2, 0.25) is 0 Å². The maximum Gasteiger partial charge on any atom is 0.320 e. The number of nitrogens with zero attached hydrogens (tertiary/aromatic N) is 3. The second-order valence-electron chi connectivity index (χ2n) is 17.7. The number of hydrogen-bond acceptors (Lipinski definition) is 14. The molecule has 1 unspecified atom stereocenters. The molecule has 75 heavy (non-hydrogen) atoms. The lowest BCUT2D eigenvalue weighted by molar-refractivity contribution is -0.135. The van der Waals surface area contributed by atoms with E-state index in [0.29, 0.717) is 16.8 Å². The summed E-state index contributed by atoms with van der Waals surface area (Å²) in [6, 6.07) is 5.29. The number of amides is 10. The second-order valence-corrected chi connectivity index (χ2v) is 18.4. The predicted molar refractivity (Wildman–Crippen MR) is 281 cm³/mol. The van der Waals surface area contributed by atoms with E-state index in [9.17, 15) is 48.3 Å². The number of rotatable bonds is 28. The number of aliphatic hydroxyl groups is 1. The molecular weight excluding hydrogens is 1010 g/mol. The Morgan fingerprint density at radius 3 is 1.89 bits per heavy atom. The number of fused-ring (bicyclic) bond motifs is 1. The van der Waals surface area contributed by atoms with Crippen molar-refractivity contribution in [1.82, 2.24) is 62.4 Å². The number of aliphatic hydroxyl groups excluding tert-OH is 1. The zero-order valence-corrected chi connectivity index (χ0v) is 42.9. The minimum atomic E-state index is -1.41. The number of carbonyl (C=O) groups excluding carboxylic acids is 9. The molecule has 4 aromatic rings. The van der Waals surface area contributed by atoms with Crippen LogP contribution >= 0.6 is 25.3 Å². The number of nitrogens with one attached hydrogen (secondary N) is 10. The van der Waals surface area contributed by atoms with Gasteiger partial charge in [0.05, 0.1) is 12.4 Å². The first kappa shape index (κ1) is 58.0. The van der Waals surface area contributed by atoms with Crippen molar-refractivity contribution < 1.29 is 48.3 Å². The standard InChI is InChI=1S/C47H64N16O10S2/c1-24(55-44(71)36(22-75)57-37(64)20-63-45(72)25(2)56-47(63)73)39(66)59-34(17-28-19-51-23-54-28)43(70)60-32(15-26-9-4-3-5-10-26)41(68)58-31(13-8-14-52-46(49)50)40(67)61-33(42(69)62-35(21-74)38(48)65)16-27-18-53-30-12-7-6-11-29(27)30/h3-7,9-12,18-19,23-25,31-36,45,53,72,74-75H,8,13-17,20-22H2,1-2H3,(H2,48,65)(H,51,54)(H,55,71)(H,56,73)(H,57,64)(H,58,68)(H,59,66)(H,60,70)(H,61,67)(H,62,69)(H4,49,50,52)/t24-,25+,31+,32-,33+,34+,35+,36+,45?/m1/s1. The number of benzene rings is 2. The average Bonchev–Trinajstić information content (AvgIpc) is 4.11. The third kappa shape index (κ3) is 17.1. The van der Waals surface area contributed by atoms with E-state index in [2.05, 4.69) is 87.7 Å². The van der Waals surface area contributed by atoms with E-state index in [4.69, 9.17) is 17.2 Å². The van der Waals surface area contributed by atoms with E-state index in [1.807, 2.05) is 18.2 Å². The summed E-state index contributed by atoms with van der Waals surface area (Å²) >= 11 is 8.31. The highest BCUT2D eigenvalue weighted by atomic mass is 32.1. The topological polar surface area (TPSA) is 408 Å². The third-order valence-electron chi connectivity index (χ3n) is 12.0. The first-order valence-electron chi connectivity index (χ1n) is 23.8. The Hall–Kier alpha value is -7.85. The molecule has 9 atom stereocenters. The number of primary amides is 1. The number of imidazole rings is 1. The van der Waals surface area contributed by atoms with Crippen molar-refractivity contribution in [1.29, 1.82) is 0 Å². The van der Waals surface area contributed by atoms with Crippen LogP contribution in [0.15, 0.2) is 78.3 Å². The van der Waals surface area contributed by atoms with Gasteiger partial charge in [-0.15, -0.1) is 0 Å². The van der Waals surface area contributed by atoms with Crippen molar-refractivity contribution in [2.24, 2.45) is 22.2 Å². The number of para-hydroxylation sites is 1. The normalized spacial score (nSPS) is 16.9. The van der Waals surface area contributed by atoms with E-state index >= 15 is 0 Å². The molecule has 1 aliphatic heterocycles. The van der Waals surface area contributed by atoms with Crippen LogP contribution in [-0.4, -0.2) is 163 Å². The van der Waals surface area contributed by atoms with Gasteiger partial charge in [-0.05, 0) is 43.9 Å². The lowest BCUT2D eigenvalue weighted by Gasteiger charge is -2.27. The van der Waals surface area contributed by atoms with Crippen molar-refractivity contribution in [2.75, 3.05) is 24.6 Å². The molecule has 0 aliphatic carbocycles. The van der Waals surface area contributed by atoms with Crippen molar-refractivity contribution in [3.63, 3.8) is 0 Å². The fourth-order valence-corrected chi connectivity index (χ4v) is 8.38. The molecule has 26 nitrogen and oxygen atoms in total. The number of carbonyl (C=O) groups is 9. The van der Waals surface area contributed by atoms with Crippen molar-refractivity contribution in [3.8, 4) is 0 Å². The van der Waals surface area contributed by atoms with Crippen LogP contribution in [0.4, 0.5) is 4.79 Å². The molecule has 2 aromatic heterocycles. The third-order valence-corrected chi connectivity index (χ3v) is 12.7. The van der Waals surface area contributed by atoms with Gasteiger partial charge in [-0.3, -0.25) is 48.2 Å². The Labute approximate surface area is 441 Å². The van der Waals surface area contributed by atoms with Crippen LogP contribution in [0.5, 0.6) is 0 Å². The SMILES string of the molecule is C[C@@H]1NC(=O)N(CC(=O)N[C@@H](CS)C(=O)N[C@H](C)C(=O)N[C@@H](Cc2cnc[nH]2)C(=O)N[C@H](Cc2ccccc2)C(=O)N[C@@H](CCCN=C(N)N)C(=O)N[C@@H](Cc2c[nH]c3ccccc23)C(=O)N[C@@H](CS)C(N)=O)C1O. The van der Waals surface area contributed by atoms with E-state index < -0.39 is 114 Å². The molecule has 0 spiro atoms. The number of urea groups is 1. The van der Waals surface area contributed by atoms with E-state index in [1.54, 1.807) is 49.5 Å². The predicted octanol–water partition coefficient (Wildman–Crippen LogP) is -3.54. The Morgan fingerprint density at radius 2 is 1.29 bits per heavy atom. The Balaban J connectivity index is 1.36. The zero-order chi connectivity index (χ0) is 54.8. The number of hydrogen-bond donors (Lipinski definition) is 16. The monoisotopic (exact) mass is 1080 g/mol. The van der Waals surface area contributed by atoms with E-state index in [1.165, 1.54) is 19.4 Å². The molecule has 17 N–H and O–H groups in total. The lowest BCUT2D eigenvalue weighted by atomic mass is 10.0. The molecule has 1 saturated heterocycles. The zero-order valence-electron chi connectivity index (χ0n) is 41.1. The molecule has 1 fully saturated rings. The van der Waals surface area contributed by atoms with E-state index in [0.717, 1.165) is 15.8 Å². The van der Waals surface area contributed by atoms with Crippen molar-refractivity contribution >= 4 is 95.4 Å². The average molecular weight is 1080 g/mol. The smallest absolute Gasteiger partial charge is 0.320 e. The van der Waals surface area contributed by atoms with Gasteiger partial charge in [0.15, 0.2) is 12.2 Å². The van der Waals surface area contributed by atoms with Gasteiger partial charge in [0.2, 0.25) is 47.3 Å². The van der Waals surface area contributed by atoms with Crippen LogP contribution in [0.25, 0.3) is 10.9 Å². The molecule has 10 amide bonds. The summed E-state index contributed by atoms with van der Waals surface area (Å²) < 4.78 is 0. The number of guanidine groups is 1. The number of aliphatic imine (C=N–C) groups is 1. The maximum atomic E-state index is 14.6. The van der Waals surface area contributed by atoms with Crippen LogP contribution in [0.3, 0.4) is 0 Å². The van der Waals surface area contributed by atoms with Gasteiger partial charge in [-0.25, -0.2) is 9.78 Å². The van der Waals surface area contributed by atoms with Gasteiger partial charge in [0.1, 0.15) is 48.8 Å². The summed E-state index contributed by atoms with van der Waals surface area (Å²) in [7, 11) is 0. The van der Waals surface area contributed by atoms with Crippen LogP contribution < -0.4 is 59.7 Å².